The maximum atomic E-state index is 13.5. The van der Waals surface area contributed by atoms with E-state index in [0.717, 1.165) is 12.8 Å². The summed E-state index contributed by atoms with van der Waals surface area (Å²) in [6.07, 6.45) is 1.93. The predicted octanol–water partition coefficient (Wildman–Crippen LogP) is 3.23. The minimum absolute atomic E-state index is 0.112. The molecule has 1 aromatic carbocycles. The van der Waals surface area contributed by atoms with Crippen molar-refractivity contribution in [1.82, 2.24) is 0 Å². The quantitative estimate of drug-likeness (QED) is 0.675. The van der Waals surface area contributed by atoms with Crippen molar-refractivity contribution >= 4 is 11.6 Å². The Balaban J connectivity index is 2.60. The molecule has 66 valence electrons. The van der Waals surface area contributed by atoms with Crippen LogP contribution in [0.3, 0.4) is 0 Å². The summed E-state index contributed by atoms with van der Waals surface area (Å²) in [4.78, 5) is 0. The molecular formula is C10H7ClFN. The first-order valence-electron chi connectivity index (χ1n) is 4.12. The molecule has 1 aliphatic rings. The van der Waals surface area contributed by atoms with Gasteiger partial charge in [0.15, 0.2) is 0 Å². The largest absolute Gasteiger partial charge is 0.205 e. The first kappa shape index (κ1) is 8.52. The molecule has 0 aromatic heterocycles. The zero-order valence-electron chi connectivity index (χ0n) is 6.85. The van der Waals surface area contributed by atoms with E-state index in [1.165, 1.54) is 6.07 Å². The van der Waals surface area contributed by atoms with Crippen LogP contribution in [0.25, 0.3) is 0 Å². The molecule has 1 saturated carbocycles. The maximum absolute atomic E-state index is 13.5. The van der Waals surface area contributed by atoms with E-state index in [1.54, 1.807) is 6.07 Å². The van der Waals surface area contributed by atoms with Crippen molar-refractivity contribution in [3.05, 3.63) is 34.1 Å². The highest BCUT2D eigenvalue weighted by Gasteiger charge is 2.30. The van der Waals surface area contributed by atoms with Crippen LogP contribution in [0.5, 0.6) is 0 Å². The average molecular weight is 196 g/mol. The number of nitriles is 1. The smallest absolute Gasteiger partial charge is 0.146 e. The van der Waals surface area contributed by atoms with Crippen molar-refractivity contribution in [2.24, 2.45) is 0 Å². The van der Waals surface area contributed by atoms with Crippen molar-refractivity contribution < 1.29 is 4.39 Å². The summed E-state index contributed by atoms with van der Waals surface area (Å²) in [5.41, 5.74) is 0.930. The summed E-state index contributed by atoms with van der Waals surface area (Å²) in [5, 5.41) is 8.86. The van der Waals surface area contributed by atoms with Crippen LogP contribution in [0.15, 0.2) is 12.1 Å². The molecule has 0 amide bonds. The fourth-order valence-electron chi connectivity index (χ4n) is 1.43. The Labute approximate surface area is 80.7 Å². The Hall–Kier alpha value is -1.07. The van der Waals surface area contributed by atoms with Gasteiger partial charge in [0.1, 0.15) is 5.82 Å². The van der Waals surface area contributed by atoms with Gasteiger partial charge in [-0.3, -0.25) is 0 Å². The summed E-state index contributed by atoms with van der Waals surface area (Å²) >= 11 is 5.63. The Morgan fingerprint density at radius 1 is 1.46 bits per heavy atom. The van der Waals surface area contributed by atoms with E-state index in [-0.39, 0.29) is 10.9 Å². The fourth-order valence-corrected chi connectivity index (χ4v) is 1.60. The molecule has 0 unspecified atom stereocenters. The lowest BCUT2D eigenvalue weighted by molar-refractivity contribution is 0.610. The van der Waals surface area contributed by atoms with Crippen molar-refractivity contribution in [3.63, 3.8) is 0 Å². The molecule has 0 N–H and O–H groups in total. The van der Waals surface area contributed by atoms with Gasteiger partial charge in [0.2, 0.25) is 0 Å². The Morgan fingerprint density at radius 3 is 2.69 bits per heavy atom. The van der Waals surface area contributed by atoms with Crippen LogP contribution >= 0.6 is 11.6 Å². The highest BCUT2D eigenvalue weighted by atomic mass is 35.5. The first-order chi connectivity index (χ1) is 6.24. The minimum Gasteiger partial charge on any atom is -0.205 e. The van der Waals surface area contributed by atoms with Crippen LogP contribution < -0.4 is 0 Å². The van der Waals surface area contributed by atoms with Gasteiger partial charge >= 0.3 is 0 Å². The lowest BCUT2D eigenvalue weighted by Gasteiger charge is -2.04. The molecule has 3 heteroatoms. The molecule has 0 spiro atoms. The number of hydrogen-bond acceptors (Lipinski definition) is 1. The third kappa shape index (κ3) is 1.40. The molecule has 1 aliphatic carbocycles. The van der Waals surface area contributed by atoms with E-state index in [9.17, 15) is 4.39 Å². The second kappa shape index (κ2) is 3.01. The van der Waals surface area contributed by atoms with Crippen LogP contribution in [0.4, 0.5) is 4.39 Å². The predicted molar refractivity (Wildman–Crippen MR) is 48.1 cm³/mol. The summed E-state index contributed by atoms with van der Waals surface area (Å²) in [7, 11) is 0. The first-order valence-corrected chi connectivity index (χ1v) is 4.50. The van der Waals surface area contributed by atoms with Crippen LogP contribution in [0.1, 0.15) is 29.9 Å². The van der Waals surface area contributed by atoms with Crippen LogP contribution in [-0.4, -0.2) is 0 Å². The molecule has 13 heavy (non-hydrogen) atoms. The SMILES string of the molecule is N#Cc1ccc(Cl)c(F)c1C1CC1. The topological polar surface area (TPSA) is 23.8 Å². The van der Waals surface area contributed by atoms with Gasteiger partial charge in [-0.15, -0.1) is 0 Å². The average Bonchev–Trinajstić information content (AvgIpc) is 2.92. The molecular weight excluding hydrogens is 189 g/mol. The number of halogens is 2. The van der Waals surface area contributed by atoms with Crippen LogP contribution in [0.2, 0.25) is 5.02 Å². The second-order valence-electron chi connectivity index (χ2n) is 3.21. The standard InChI is InChI=1S/C10H7ClFN/c11-8-4-3-7(5-13)9(10(8)12)6-1-2-6/h3-4,6H,1-2H2. The molecule has 1 fully saturated rings. The maximum Gasteiger partial charge on any atom is 0.146 e. The van der Waals surface area contributed by atoms with E-state index < -0.39 is 5.82 Å². The molecule has 1 nitrogen and oxygen atoms in total. The van der Waals surface area contributed by atoms with Crippen molar-refractivity contribution in [2.75, 3.05) is 0 Å². The van der Waals surface area contributed by atoms with Gasteiger partial charge in [-0.1, -0.05) is 11.6 Å². The van der Waals surface area contributed by atoms with E-state index >= 15 is 0 Å². The number of benzene rings is 1. The number of rotatable bonds is 1. The van der Waals surface area contributed by atoms with Gasteiger partial charge in [0, 0.05) is 5.56 Å². The molecule has 0 atom stereocenters. The second-order valence-corrected chi connectivity index (χ2v) is 3.62. The molecule has 2 rings (SSSR count). The Kier molecular flexibility index (Phi) is 1.97. The van der Waals surface area contributed by atoms with E-state index in [2.05, 4.69) is 0 Å². The van der Waals surface area contributed by atoms with Gasteiger partial charge in [-0.2, -0.15) is 5.26 Å². The molecule has 0 heterocycles. The number of hydrogen-bond donors (Lipinski definition) is 0. The Bertz CT molecular complexity index is 391. The molecule has 0 saturated heterocycles. The van der Waals surface area contributed by atoms with Crippen molar-refractivity contribution in [2.45, 2.75) is 18.8 Å². The zero-order valence-corrected chi connectivity index (χ0v) is 7.61. The van der Waals surface area contributed by atoms with Crippen molar-refractivity contribution in [3.8, 4) is 6.07 Å². The molecule has 0 aliphatic heterocycles. The summed E-state index contributed by atoms with van der Waals surface area (Å²) in [6, 6.07) is 5.00. The van der Waals surface area contributed by atoms with E-state index in [0.29, 0.717) is 11.1 Å². The lowest BCUT2D eigenvalue weighted by atomic mass is 10.0. The van der Waals surface area contributed by atoms with Gasteiger partial charge in [0.05, 0.1) is 16.7 Å². The third-order valence-corrected chi connectivity index (χ3v) is 2.53. The molecule has 0 bridgehead atoms. The Morgan fingerprint density at radius 2 is 2.15 bits per heavy atom. The monoisotopic (exact) mass is 195 g/mol. The fraction of sp³-hybridized carbons (Fsp3) is 0.300. The molecule has 1 aromatic rings. The lowest BCUT2D eigenvalue weighted by Crippen LogP contribution is -1.93. The minimum atomic E-state index is -0.414. The van der Waals surface area contributed by atoms with Gasteiger partial charge in [-0.25, -0.2) is 4.39 Å². The van der Waals surface area contributed by atoms with Gasteiger partial charge in [-0.05, 0) is 30.9 Å². The van der Waals surface area contributed by atoms with E-state index in [4.69, 9.17) is 16.9 Å². The highest BCUT2D eigenvalue weighted by Crippen LogP contribution is 2.44. The van der Waals surface area contributed by atoms with E-state index in [1.807, 2.05) is 6.07 Å². The van der Waals surface area contributed by atoms with Crippen molar-refractivity contribution in [1.29, 1.82) is 5.26 Å². The van der Waals surface area contributed by atoms with Crippen LogP contribution in [-0.2, 0) is 0 Å². The summed E-state index contributed by atoms with van der Waals surface area (Å²) < 4.78 is 13.5. The molecule has 0 radical (unpaired) electrons. The normalized spacial score (nSPS) is 15.5. The number of nitrogens with zero attached hydrogens (tertiary/aromatic N) is 1. The highest BCUT2D eigenvalue weighted by molar-refractivity contribution is 6.30. The summed E-state index contributed by atoms with van der Waals surface area (Å²) in [5.74, 6) is -0.198. The third-order valence-electron chi connectivity index (χ3n) is 2.24. The summed E-state index contributed by atoms with van der Waals surface area (Å²) in [6.45, 7) is 0. The van der Waals surface area contributed by atoms with Crippen LogP contribution in [0, 0.1) is 17.1 Å². The van der Waals surface area contributed by atoms with Gasteiger partial charge < -0.3 is 0 Å². The van der Waals surface area contributed by atoms with Gasteiger partial charge in [0.25, 0.3) is 0 Å². The zero-order chi connectivity index (χ0) is 9.42.